The van der Waals surface area contributed by atoms with E-state index in [-0.39, 0.29) is 10.8 Å². The summed E-state index contributed by atoms with van der Waals surface area (Å²) in [6.07, 6.45) is 8.62. The third kappa shape index (κ3) is 1.67. The number of hydrogen-bond donors (Lipinski definition) is 2. The zero-order valence-electron chi connectivity index (χ0n) is 14.0. The lowest BCUT2D eigenvalue weighted by molar-refractivity contribution is -0.312. The molecule has 0 aliphatic heterocycles. The lowest BCUT2D eigenvalue weighted by Gasteiger charge is -2.63. The van der Waals surface area contributed by atoms with Gasteiger partial charge in [-0.25, -0.2) is 0 Å². The lowest BCUT2D eigenvalue weighted by atomic mass is 9.44. The van der Waals surface area contributed by atoms with E-state index >= 15 is 0 Å². The third-order valence-corrected chi connectivity index (χ3v) is 8.55. The number of rotatable bonds is 0. The summed E-state index contributed by atoms with van der Waals surface area (Å²) in [4.78, 5) is 12.4. The largest absolute Gasteiger partial charge is 0.365 e. The fourth-order valence-corrected chi connectivity index (χ4v) is 7.13. The first kappa shape index (κ1) is 15.1. The average molecular weight is 306 g/mol. The minimum Gasteiger partial charge on any atom is -0.365 e. The summed E-state index contributed by atoms with van der Waals surface area (Å²) in [6, 6.07) is 0. The molecule has 0 amide bonds. The average Bonchev–Trinajstić information content (AvgIpc) is 2.76. The van der Waals surface area contributed by atoms with Gasteiger partial charge in [0, 0.05) is 23.7 Å². The standard InChI is InChI=1S/C19H30O3/c1-17-11-9-15-13(14(17)7-8-16(17)20)6-5-12-4-3-10-19(21,22)18(12,15)2/h12-15,21-22H,3-11H2,1-2H3/t12-,13-,14-,15-,17-,18-/m0/s1. The Morgan fingerprint density at radius 3 is 2.50 bits per heavy atom. The SMILES string of the molecule is C[C@@]12[C@@H](CCCC1(O)O)CC[C@@H]1[C@@H]2CC[C@]2(C)C(=O)CC[C@@H]12. The molecule has 0 aromatic carbocycles. The highest BCUT2D eigenvalue weighted by atomic mass is 16.5. The van der Waals surface area contributed by atoms with Crippen molar-refractivity contribution in [2.24, 2.45) is 34.5 Å². The van der Waals surface area contributed by atoms with E-state index in [4.69, 9.17) is 0 Å². The Kier molecular flexibility index (Phi) is 3.14. The second-order valence-corrected chi connectivity index (χ2v) is 9.06. The Morgan fingerprint density at radius 1 is 0.955 bits per heavy atom. The Hall–Kier alpha value is -0.410. The molecule has 0 heterocycles. The molecule has 4 aliphatic rings. The maximum Gasteiger partial charge on any atom is 0.168 e. The van der Waals surface area contributed by atoms with Gasteiger partial charge in [-0.2, -0.15) is 0 Å². The van der Waals surface area contributed by atoms with Crippen molar-refractivity contribution in [3.05, 3.63) is 0 Å². The molecular formula is C19H30O3. The molecule has 0 radical (unpaired) electrons. The van der Waals surface area contributed by atoms with Gasteiger partial charge in [-0.05, 0) is 68.6 Å². The fourth-order valence-electron chi connectivity index (χ4n) is 7.13. The number of fused-ring (bicyclic) bond motifs is 5. The molecule has 4 rings (SSSR count). The molecule has 4 saturated carbocycles. The van der Waals surface area contributed by atoms with Gasteiger partial charge in [0.15, 0.2) is 5.79 Å². The number of Topliss-reactive ketones (excluding diaryl/α,β-unsaturated/α-hetero) is 1. The van der Waals surface area contributed by atoms with Crippen molar-refractivity contribution in [3.63, 3.8) is 0 Å². The van der Waals surface area contributed by atoms with Crippen molar-refractivity contribution in [3.8, 4) is 0 Å². The van der Waals surface area contributed by atoms with Crippen molar-refractivity contribution in [1.29, 1.82) is 0 Å². The van der Waals surface area contributed by atoms with Crippen LogP contribution in [0.5, 0.6) is 0 Å². The highest BCUT2D eigenvalue weighted by molar-refractivity contribution is 5.87. The summed E-state index contributed by atoms with van der Waals surface area (Å²) in [5.41, 5.74) is -0.492. The molecule has 124 valence electrons. The molecule has 22 heavy (non-hydrogen) atoms. The molecule has 4 fully saturated rings. The molecule has 0 saturated heterocycles. The van der Waals surface area contributed by atoms with Crippen molar-refractivity contribution in [2.75, 3.05) is 0 Å². The number of carbonyl (C=O) groups is 1. The van der Waals surface area contributed by atoms with Crippen LogP contribution in [0.1, 0.15) is 71.6 Å². The Morgan fingerprint density at radius 2 is 1.73 bits per heavy atom. The van der Waals surface area contributed by atoms with Crippen LogP contribution in [0.3, 0.4) is 0 Å². The van der Waals surface area contributed by atoms with E-state index in [0.29, 0.717) is 35.9 Å². The Balaban J connectivity index is 1.72. The summed E-state index contributed by atoms with van der Waals surface area (Å²) in [5.74, 6) is 0.767. The topological polar surface area (TPSA) is 57.5 Å². The Bertz CT molecular complexity index is 499. The highest BCUT2D eigenvalue weighted by Crippen LogP contribution is 2.67. The van der Waals surface area contributed by atoms with Crippen molar-refractivity contribution >= 4 is 5.78 Å². The summed E-state index contributed by atoms with van der Waals surface area (Å²) in [7, 11) is 0. The van der Waals surface area contributed by atoms with Gasteiger partial charge < -0.3 is 10.2 Å². The van der Waals surface area contributed by atoms with E-state index in [2.05, 4.69) is 13.8 Å². The zero-order valence-corrected chi connectivity index (χ0v) is 14.0. The van der Waals surface area contributed by atoms with Gasteiger partial charge in [0.2, 0.25) is 0 Å². The summed E-state index contributed by atoms with van der Waals surface area (Å²) in [6.45, 7) is 4.33. The van der Waals surface area contributed by atoms with E-state index < -0.39 is 5.79 Å². The zero-order chi connectivity index (χ0) is 15.8. The maximum atomic E-state index is 12.4. The van der Waals surface area contributed by atoms with Gasteiger partial charge in [-0.3, -0.25) is 4.79 Å². The van der Waals surface area contributed by atoms with Crippen LogP contribution in [0, 0.1) is 34.5 Å². The predicted octanol–water partition coefficient (Wildman–Crippen LogP) is 3.28. The van der Waals surface area contributed by atoms with Crippen LogP contribution in [0.25, 0.3) is 0 Å². The molecule has 0 unspecified atom stereocenters. The minimum absolute atomic E-state index is 0.118. The molecule has 0 aromatic rings. The maximum absolute atomic E-state index is 12.4. The number of hydrogen-bond acceptors (Lipinski definition) is 3. The second kappa shape index (κ2) is 4.57. The van der Waals surface area contributed by atoms with Crippen LogP contribution in [0.15, 0.2) is 0 Å². The van der Waals surface area contributed by atoms with E-state index in [0.717, 1.165) is 44.9 Å². The molecule has 6 atom stereocenters. The molecule has 4 aliphatic carbocycles. The monoisotopic (exact) mass is 306 g/mol. The van der Waals surface area contributed by atoms with E-state index in [1.165, 1.54) is 6.42 Å². The van der Waals surface area contributed by atoms with E-state index in [9.17, 15) is 15.0 Å². The van der Waals surface area contributed by atoms with Crippen LogP contribution in [-0.2, 0) is 4.79 Å². The molecule has 0 spiro atoms. The minimum atomic E-state index is -1.52. The molecule has 3 nitrogen and oxygen atoms in total. The predicted molar refractivity (Wildman–Crippen MR) is 83.9 cm³/mol. The number of ketones is 1. The molecule has 2 N–H and O–H groups in total. The number of aliphatic hydroxyl groups is 2. The van der Waals surface area contributed by atoms with Gasteiger partial charge >= 0.3 is 0 Å². The van der Waals surface area contributed by atoms with Gasteiger partial charge in [0.1, 0.15) is 5.78 Å². The van der Waals surface area contributed by atoms with E-state index in [1.807, 2.05) is 0 Å². The Labute approximate surface area is 133 Å². The number of carbonyl (C=O) groups excluding carboxylic acids is 1. The summed E-state index contributed by atoms with van der Waals surface area (Å²) < 4.78 is 0. The molecule has 0 bridgehead atoms. The van der Waals surface area contributed by atoms with Crippen molar-refractivity contribution in [1.82, 2.24) is 0 Å². The summed E-state index contributed by atoms with van der Waals surface area (Å²) in [5, 5.41) is 21.6. The smallest absolute Gasteiger partial charge is 0.168 e. The fraction of sp³-hybridized carbons (Fsp3) is 0.947. The summed E-state index contributed by atoms with van der Waals surface area (Å²) >= 11 is 0. The van der Waals surface area contributed by atoms with Gasteiger partial charge in [0.05, 0.1) is 0 Å². The van der Waals surface area contributed by atoms with Crippen molar-refractivity contribution in [2.45, 2.75) is 77.4 Å². The first-order valence-corrected chi connectivity index (χ1v) is 9.29. The highest BCUT2D eigenvalue weighted by Gasteiger charge is 2.65. The van der Waals surface area contributed by atoms with Crippen LogP contribution in [0.2, 0.25) is 0 Å². The van der Waals surface area contributed by atoms with E-state index in [1.54, 1.807) is 0 Å². The van der Waals surface area contributed by atoms with Crippen LogP contribution in [-0.4, -0.2) is 21.8 Å². The lowest BCUT2D eigenvalue weighted by Crippen LogP contribution is -2.63. The molecule has 0 aromatic heterocycles. The van der Waals surface area contributed by atoms with Crippen molar-refractivity contribution < 1.29 is 15.0 Å². The van der Waals surface area contributed by atoms with Crippen LogP contribution < -0.4 is 0 Å². The third-order valence-electron chi connectivity index (χ3n) is 8.55. The van der Waals surface area contributed by atoms with Gasteiger partial charge in [0.25, 0.3) is 0 Å². The first-order valence-electron chi connectivity index (χ1n) is 9.29. The first-order chi connectivity index (χ1) is 10.3. The van der Waals surface area contributed by atoms with Gasteiger partial charge in [-0.1, -0.05) is 13.8 Å². The molecular weight excluding hydrogens is 276 g/mol. The molecule has 3 heteroatoms. The van der Waals surface area contributed by atoms with Crippen LogP contribution >= 0.6 is 0 Å². The quantitative estimate of drug-likeness (QED) is 0.675. The second-order valence-electron chi connectivity index (χ2n) is 9.06. The van der Waals surface area contributed by atoms with Gasteiger partial charge in [-0.15, -0.1) is 0 Å². The van der Waals surface area contributed by atoms with Crippen LogP contribution in [0.4, 0.5) is 0 Å². The normalized spacial score (nSPS) is 53.5.